The second kappa shape index (κ2) is 8.66. The summed E-state index contributed by atoms with van der Waals surface area (Å²) < 4.78 is 19.3. The largest absolute Gasteiger partial charge is 0.497 e. The molecule has 2 aliphatic rings. The topological polar surface area (TPSA) is 75.5 Å². The van der Waals surface area contributed by atoms with Crippen LogP contribution in [0.1, 0.15) is 47.4 Å². The minimum Gasteiger partial charge on any atom is -0.497 e. The first-order valence-electron chi connectivity index (χ1n) is 12.4. The Kier molecular flexibility index (Phi) is 5.43. The van der Waals surface area contributed by atoms with Crippen LogP contribution < -0.4 is 9.47 Å². The van der Waals surface area contributed by atoms with Crippen LogP contribution in [0.4, 0.5) is 0 Å². The number of esters is 1. The normalized spacial score (nSPS) is 20.7. The Morgan fingerprint density at radius 3 is 2.75 bits per heavy atom. The van der Waals surface area contributed by atoms with Crippen molar-refractivity contribution in [3.8, 4) is 17.2 Å². The Morgan fingerprint density at radius 1 is 1.11 bits per heavy atom. The van der Waals surface area contributed by atoms with Gasteiger partial charge in [0, 0.05) is 11.5 Å². The summed E-state index contributed by atoms with van der Waals surface area (Å²) in [4.78, 5) is 12.3. The number of aromatic nitrogens is 3. The molecule has 2 heterocycles. The van der Waals surface area contributed by atoms with E-state index in [0.29, 0.717) is 6.61 Å². The molecule has 0 saturated carbocycles. The molecule has 1 fully saturated rings. The predicted octanol–water partition coefficient (Wildman–Crippen LogP) is 5.42. The zero-order chi connectivity index (χ0) is 25.0. The second-order valence-electron chi connectivity index (χ2n) is 9.88. The quantitative estimate of drug-likeness (QED) is 0.353. The molecule has 0 bridgehead atoms. The van der Waals surface area contributed by atoms with Gasteiger partial charge in [0.15, 0.2) is 0 Å². The molecule has 4 aromatic rings. The molecule has 1 saturated heterocycles. The molecule has 0 spiro atoms. The van der Waals surface area contributed by atoms with E-state index in [2.05, 4.69) is 42.4 Å². The standard InChI is InChI=1S/C29H29N3O4/c1-16-11-26(18(3)27-24(16)9-10-25-17(2)29(33)36-28(25)27)35-15-22-14-30-31-32(22)21-7-5-20-13-23(34-4)8-6-19(20)12-21/h5-8,11-14,17,25,28H,9-10,15H2,1-4H3/t17-,25-,28+/m0/s1. The van der Waals surface area contributed by atoms with Gasteiger partial charge in [-0.2, -0.15) is 0 Å². The second-order valence-corrected chi connectivity index (χ2v) is 9.88. The monoisotopic (exact) mass is 483 g/mol. The first-order chi connectivity index (χ1) is 17.4. The van der Waals surface area contributed by atoms with Gasteiger partial charge >= 0.3 is 5.97 Å². The van der Waals surface area contributed by atoms with Crippen LogP contribution in [-0.2, 0) is 22.6 Å². The van der Waals surface area contributed by atoms with E-state index in [9.17, 15) is 4.79 Å². The lowest BCUT2D eigenvalue weighted by atomic mass is 9.74. The van der Waals surface area contributed by atoms with E-state index in [4.69, 9.17) is 14.2 Å². The number of benzene rings is 3. The number of carbonyl (C=O) groups is 1. The van der Waals surface area contributed by atoms with Crippen molar-refractivity contribution in [3.63, 3.8) is 0 Å². The van der Waals surface area contributed by atoms with Crippen molar-refractivity contribution >= 4 is 16.7 Å². The fourth-order valence-electron chi connectivity index (χ4n) is 5.77. The Bertz CT molecular complexity index is 1490. The van der Waals surface area contributed by atoms with Crippen molar-refractivity contribution in [1.82, 2.24) is 15.0 Å². The first-order valence-corrected chi connectivity index (χ1v) is 12.4. The summed E-state index contributed by atoms with van der Waals surface area (Å²) in [6.07, 6.45) is 3.50. The third kappa shape index (κ3) is 3.61. The van der Waals surface area contributed by atoms with Crippen LogP contribution in [0, 0.1) is 25.7 Å². The van der Waals surface area contributed by atoms with Gasteiger partial charge in [0.25, 0.3) is 0 Å². The fraction of sp³-hybridized carbons (Fsp3) is 0.345. The molecule has 0 unspecified atom stereocenters. The molecule has 3 aromatic carbocycles. The highest BCUT2D eigenvalue weighted by Crippen LogP contribution is 2.49. The number of methoxy groups -OCH3 is 1. The Balaban J connectivity index is 1.29. The molecule has 36 heavy (non-hydrogen) atoms. The van der Waals surface area contributed by atoms with Crippen LogP contribution in [0.25, 0.3) is 16.5 Å². The molecule has 6 rings (SSSR count). The van der Waals surface area contributed by atoms with E-state index in [1.54, 1.807) is 18.0 Å². The van der Waals surface area contributed by atoms with Gasteiger partial charge in [0.1, 0.15) is 29.9 Å². The van der Waals surface area contributed by atoms with Gasteiger partial charge in [-0.1, -0.05) is 24.3 Å². The summed E-state index contributed by atoms with van der Waals surface area (Å²) in [6.45, 7) is 6.48. The molecule has 3 atom stereocenters. The molecule has 1 aliphatic carbocycles. The fourth-order valence-corrected chi connectivity index (χ4v) is 5.77. The number of carbonyl (C=O) groups excluding carboxylic acids is 1. The maximum Gasteiger partial charge on any atom is 0.309 e. The van der Waals surface area contributed by atoms with Crippen LogP contribution in [-0.4, -0.2) is 28.1 Å². The van der Waals surface area contributed by atoms with Crippen molar-refractivity contribution in [2.24, 2.45) is 11.8 Å². The molecular weight excluding hydrogens is 454 g/mol. The Hall–Kier alpha value is -3.87. The van der Waals surface area contributed by atoms with E-state index >= 15 is 0 Å². The predicted molar refractivity (Wildman–Crippen MR) is 135 cm³/mol. The van der Waals surface area contributed by atoms with Crippen molar-refractivity contribution in [3.05, 3.63) is 76.6 Å². The molecule has 1 aromatic heterocycles. The van der Waals surface area contributed by atoms with Crippen LogP contribution in [0.5, 0.6) is 11.5 Å². The third-order valence-electron chi connectivity index (χ3n) is 7.85. The number of hydrogen-bond donors (Lipinski definition) is 0. The third-order valence-corrected chi connectivity index (χ3v) is 7.85. The summed E-state index contributed by atoms with van der Waals surface area (Å²) in [5, 5.41) is 10.6. The van der Waals surface area contributed by atoms with E-state index < -0.39 is 0 Å². The lowest BCUT2D eigenvalue weighted by Gasteiger charge is -2.31. The average Bonchev–Trinajstić information content (AvgIpc) is 3.48. The number of rotatable bonds is 5. The SMILES string of the molecule is COc1ccc2cc(-n3nncc3COc3cc(C)c4c(c3C)[C@@H]3OC(=O)[C@@H](C)[C@@H]3CC4)ccc2c1. The van der Waals surface area contributed by atoms with Gasteiger partial charge in [0.05, 0.1) is 24.9 Å². The van der Waals surface area contributed by atoms with Crippen LogP contribution >= 0.6 is 0 Å². The van der Waals surface area contributed by atoms with Gasteiger partial charge in [-0.3, -0.25) is 4.79 Å². The summed E-state index contributed by atoms with van der Waals surface area (Å²) in [6, 6.07) is 14.3. The van der Waals surface area contributed by atoms with Gasteiger partial charge in [-0.05, 0) is 84.5 Å². The van der Waals surface area contributed by atoms with Crippen molar-refractivity contribution in [2.75, 3.05) is 7.11 Å². The minimum absolute atomic E-state index is 0.0594. The van der Waals surface area contributed by atoms with Crippen LogP contribution in [0.3, 0.4) is 0 Å². The number of fused-ring (bicyclic) bond motifs is 4. The van der Waals surface area contributed by atoms with Gasteiger partial charge in [-0.25, -0.2) is 4.68 Å². The lowest BCUT2D eigenvalue weighted by Crippen LogP contribution is -2.22. The summed E-state index contributed by atoms with van der Waals surface area (Å²) in [5.41, 5.74) is 6.41. The number of hydrogen-bond acceptors (Lipinski definition) is 6. The summed E-state index contributed by atoms with van der Waals surface area (Å²) >= 11 is 0. The van der Waals surface area contributed by atoms with Crippen molar-refractivity contribution in [2.45, 2.75) is 46.3 Å². The molecule has 7 heteroatoms. The number of aryl methyl sites for hydroxylation is 1. The van der Waals surface area contributed by atoms with Gasteiger partial charge in [0.2, 0.25) is 0 Å². The molecule has 0 amide bonds. The molecule has 0 N–H and O–H groups in total. The van der Waals surface area contributed by atoms with Gasteiger partial charge in [-0.15, -0.1) is 5.10 Å². The van der Waals surface area contributed by atoms with Crippen LogP contribution in [0.15, 0.2) is 48.7 Å². The van der Waals surface area contributed by atoms with Crippen molar-refractivity contribution < 1.29 is 19.0 Å². The maximum absolute atomic E-state index is 12.3. The Morgan fingerprint density at radius 2 is 1.92 bits per heavy atom. The highest BCUT2D eigenvalue weighted by atomic mass is 16.6. The van der Waals surface area contributed by atoms with E-state index in [1.807, 2.05) is 31.2 Å². The highest BCUT2D eigenvalue weighted by Gasteiger charge is 2.46. The van der Waals surface area contributed by atoms with Crippen molar-refractivity contribution in [1.29, 1.82) is 0 Å². The molecule has 7 nitrogen and oxygen atoms in total. The zero-order valence-corrected chi connectivity index (χ0v) is 20.9. The van der Waals surface area contributed by atoms with E-state index in [0.717, 1.165) is 57.6 Å². The average molecular weight is 484 g/mol. The molecular formula is C29H29N3O4. The highest BCUT2D eigenvalue weighted by molar-refractivity contribution is 5.85. The summed E-state index contributed by atoms with van der Waals surface area (Å²) in [5.74, 6) is 1.72. The zero-order valence-electron chi connectivity index (χ0n) is 20.9. The minimum atomic E-state index is -0.179. The van der Waals surface area contributed by atoms with E-state index in [-0.39, 0.29) is 23.9 Å². The molecule has 1 aliphatic heterocycles. The lowest BCUT2D eigenvalue weighted by molar-refractivity contribution is -0.144. The first kappa shape index (κ1) is 22.6. The molecule has 184 valence electrons. The maximum atomic E-state index is 12.3. The van der Waals surface area contributed by atoms with Gasteiger partial charge < -0.3 is 14.2 Å². The van der Waals surface area contributed by atoms with E-state index in [1.165, 1.54) is 11.1 Å². The van der Waals surface area contributed by atoms with Crippen LogP contribution in [0.2, 0.25) is 0 Å². The number of ether oxygens (including phenoxy) is 3. The smallest absolute Gasteiger partial charge is 0.309 e. The Labute approximate surface area is 210 Å². The summed E-state index contributed by atoms with van der Waals surface area (Å²) in [7, 11) is 1.67. The molecule has 0 radical (unpaired) electrons. The number of nitrogens with zero attached hydrogens (tertiary/aromatic N) is 3.